The fraction of sp³-hybridized carbons (Fsp3) is 0.571. The Labute approximate surface area is 71.0 Å². The van der Waals surface area contributed by atoms with Crippen LogP contribution in [0, 0.1) is 0 Å². The number of hydrogen-bond acceptors (Lipinski definition) is 4. The summed E-state index contributed by atoms with van der Waals surface area (Å²) in [4.78, 5) is 10.1. The molecule has 0 spiro atoms. The fourth-order valence-corrected chi connectivity index (χ4v) is 0.602. The molecule has 0 aliphatic rings. The minimum Gasteiger partial charge on any atom is -0.495 e. The average Bonchev–Trinajstić information content (AvgIpc) is 2.04. The van der Waals surface area contributed by atoms with Gasteiger partial charge in [-0.1, -0.05) is 0 Å². The molecule has 0 aliphatic heterocycles. The second-order valence-corrected chi connectivity index (χ2v) is 2.18. The maximum absolute atomic E-state index is 10.1. The standard InChI is InChI=1S/C7H14N2O3/c8-4-6(5-9)12-3-1-2-7(10)11/h4H,1-3,5,8-9H2,(H,10,11)/b6-4+. The van der Waals surface area contributed by atoms with E-state index in [-0.39, 0.29) is 13.0 Å². The highest BCUT2D eigenvalue weighted by molar-refractivity contribution is 5.66. The largest absolute Gasteiger partial charge is 0.495 e. The van der Waals surface area contributed by atoms with Crippen molar-refractivity contribution in [1.82, 2.24) is 0 Å². The molecule has 0 aromatic heterocycles. The van der Waals surface area contributed by atoms with Gasteiger partial charge in [-0.15, -0.1) is 0 Å². The zero-order valence-corrected chi connectivity index (χ0v) is 6.82. The van der Waals surface area contributed by atoms with Crippen molar-refractivity contribution in [2.75, 3.05) is 13.2 Å². The molecule has 0 heterocycles. The summed E-state index contributed by atoms with van der Waals surface area (Å²) < 4.78 is 5.04. The first-order chi connectivity index (χ1) is 5.70. The van der Waals surface area contributed by atoms with Crippen LogP contribution in [-0.4, -0.2) is 24.2 Å². The number of rotatable bonds is 6. The lowest BCUT2D eigenvalue weighted by Gasteiger charge is -2.05. The minimum absolute atomic E-state index is 0.0996. The Morgan fingerprint density at radius 2 is 2.25 bits per heavy atom. The van der Waals surface area contributed by atoms with Gasteiger partial charge in [-0.05, 0) is 6.42 Å². The van der Waals surface area contributed by atoms with E-state index >= 15 is 0 Å². The molecule has 0 amide bonds. The van der Waals surface area contributed by atoms with Gasteiger partial charge in [0.15, 0.2) is 0 Å². The molecule has 0 radical (unpaired) electrons. The van der Waals surface area contributed by atoms with E-state index in [1.165, 1.54) is 6.20 Å². The number of carboxylic acid groups (broad SMARTS) is 1. The van der Waals surface area contributed by atoms with Gasteiger partial charge in [-0.3, -0.25) is 4.79 Å². The Morgan fingerprint density at radius 1 is 1.58 bits per heavy atom. The lowest BCUT2D eigenvalue weighted by Crippen LogP contribution is -2.10. The molecule has 0 unspecified atom stereocenters. The van der Waals surface area contributed by atoms with E-state index in [1.54, 1.807) is 0 Å². The molecule has 70 valence electrons. The maximum atomic E-state index is 10.1. The van der Waals surface area contributed by atoms with Gasteiger partial charge >= 0.3 is 5.97 Å². The van der Waals surface area contributed by atoms with Crippen LogP contribution in [-0.2, 0) is 9.53 Å². The van der Waals surface area contributed by atoms with Crippen LogP contribution in [0.4, 0.5) is 0 Å². The highest BCUT2D eigenvalue weighted by Crippen LogP contribution is 1.96. The van der Waals surface area contributed by atoms with Crippen molar-refractivity contribution in [3.63, 3.8) is 0 Å². The monoisotopic (exact) mass is 174 g/mol. The first-order valence-corrected chi connectivity index (χ1v) is 3.66. The van der Waals surface area contributed by atoms with Gasteiger partial charge in [0.1, 0.15) is 5.76 Å². The molecular formula is C7H14N2O3. The maximum Gasteiger partial charge on any atom is 0.303 e. The predicted octanol–water partition coefficient (Wildman–Crippen LogP) is -0.373. The molecule has 0 rings (SSSR count). The Morgan fingerprint density at radius 3 is 2.67 bits per heavy atom. The van der Waals surface area contributed by atoms with Crippen molar-refractivity contribution >= 4 is 5.97 Å². The summed E-state index contributed by atoms with van der Waals surface area (Å²) in [6, 6.07) is 0. The van der Waals surface area contributed by atoms with Crippen molar-refractivity contribution in [2.45, 2.75) is 12.8 Å². The van der Waals surface area contributed by atoms with Crippen LogP contribution in [0.5, 0.6) is 0 Å². The van der Waals surface area contributed by atoms with Crippen LogP contribution in [0.3, 0.4) is 0 Å². The van der Waals surface area contributed by atoms with Crippen LogP contribution >= 0.6 is 0 Å². The van der Waals surface area contributed by atoms with Gasteiger partial charge in [0.05, 0.1) is 13.2 Å². The number of ether oxygens (including phenoxy) is 1. The summed E-state index contributed by atoms with van der Waals surface area (Å²) in [5.41, 5.74) is 10.4. The third kappa shape index (κ3) is 5.55. The lowest BCUT2D eigenvalue weighted by atomic mass is 10.3. The third-order valence-corrected chi connectivity index (χ3v) is 1.21. The van der Waals surface area contributed by atoms with Gasteiger partial charge < -0.3 is 21.3 Å². The SMILES string of the molecule is N/C=C(\CN)OCCCC(=O)O. The summed E-state index contributed by atoms with van der Waals surface area (Å²) in [6.07, 6.45) is 1.84. The topological polar surface area (TPSA) is 98.6 Å². The van der Waals surface area contributed by atoms with Gasteiger partial charge in [-0.2, -0.15) is 0 Å². The van der Waals surface area contributed by atoms with Crippen molar-refractivity contribution < 1.29 is 14.6 Å². The van der Waals surface area contributed by atoms with E-state index < -0.39 is 5.97 Å². The van der Waals surface area contributed by atoms with E-state index in [2.05, 4.69) is 0 Å². The van der Waals surface area contributed by atoms with Crippen molar-refractivity contribution in [3.8, 4) is 0 Å². The molecule has 0 aromatic rings. The van der Waals surface area contributed by atoms with Crippen LogP contribution in [0.2, 0.25) is 0 Å². The third-order valence-electron chi connectivity index (χ3n) is 1.21. The number of nitrogens with two attached hydrogens (primary N) is 2. The molecule has 5 nitrogen and oxygen atoms in total. The van der Waals surface area contributed by atoms with Crippen LogP contribution in [0.25, 0.3) is 0 Å². The van der Waals surface area contributed by atoms with E-state index in [9.17, 15) is 4.79 Å². The van der Waals surface area contributed by atoms with Crippen molar-refractivity contribution in [1.29, 1.82) is 0 Å². The summed E-state index contributed by atoms with van der Waals surface area (Å²) in [5, 5.41) is 8.27. The predicted molar refractivity (Wildman–Crippen MR) is 44.1 cm³/mol. The molecular weight excluding hydrogens is 160 g/mol. The number of carboxylic acids is 1. The van der Waals surface area contributed by atoms with Crippen molar-refractivity contribution in [2.24, 2.45) is 11.5 Å². The Balaban J connectivity index is 3.36. The highest BCUT2D eigenvalue weighted by atomic mass is 16.5. The van der Waals surface area contributed by atoms with Crippen LogP contribution < -0.4 is 11.5 Å². The molecule has 0 atom stereocenters. The number of carbonyl (C=O) groups is 1. The van der Waals surface area contributed by atoms with Gasteiger partial charge in [-0.25, -0.2) is 0 Å². The number of hydrogen-bond donors (Lipinski definition) is 3. The zero-order chi connectivity index (χ0) is 9.40. The zero-order valence-electron chi connectivity index (χ0n) is 6.82. The van der Waals surface area contributed by atoms with Crippen LogP contribution in [0.1, 0.15) is 12.8 Å². The first-order valence-electron chi connectivity index (χ1n) is 3.66. The van der Waals surface area contributed by atoms with E-state index in [0.29, 0.717) is 18.8 Å². The molecule has 5 N–H and O–H groups in total. The molecule has 5 heteroatoms. The summed E-state index contributed by atoms with van der Waals surface area (Å²) in [6.45, 7) is 0.579. The lowest BCUT2D eigenvalue weighted by molar-refractivity contribution is -0.137. The fourth-order valence-electron chi connectivity index (χ4n) is 0.602. The van der Waals surface area contributed by atoms with E-state index in [4.69, 9.17) is 21.3 Å². The van der Waals surface area contributed by atoms with Gasteiger partial charge in [0, 0.05) is 12.6 Å². The smallest absolute Gasteiger partial charge is 0.303 e. The summed E-state index contributed by atoms with van der Waals surface area (Å²) in [7, 11) is 0. The average molecular weight is 174 g/mol. The molecule has 0 saturated carbocycles. The van der Waals surface area contributed by atoms with Crippen LogP contribution in [0.15, 0.2) is 12.0 Å². The summed E-state index contributed by atoms with van der Waals surface area (Å²) in [5.74, 6) is -0.343. The summed E-state index contributed by atoms with van der Waals surface area (Å²) >= 11 is 0. The minimum atomic E-state index is -0.829. The molecule has 0 saturated heterocycles. The molecule has 0 fully saturated rings. The Kier molecular flexibility index (Phi) is 5.81. The quantitative estimate of drug-likeness (QED) is 0.377. The second kappa shape index (κ2) is 6.48. The molecule has 0 aromatic carbocycles. The molecule has 0 aliphatic carbocycles. The highest BCUT2D eigenvalue weighted by Gasteiger charge is 1.97. The molecule has 0 bridgehead atoms. The van der Waals surface area contributed by atoms with E-state index in [1.807, 2.05) is 0 Å². The van der Waals surface area contributed by atoms with Gasteiger partial charge in [0.2, 0.25) is 0 Å². The first kappa shape index (κ1) is 10.8. The van der Waals surface area contributed by atoms with Crippen molar-refractivity contribution in [3.05, 3.63) is 12.0 Å². The molecule has 12 heavy (non-hydrogen) atoms. The Hall–Kier alpha value is -1.23. The van der Waals surface area contributed by atoms with E-state index in [0.717, 1.165) is 0 Å². The number of aliphatic carboxylic acids is 1. The second-order valence-electron chi connectivity index (χ2n) is 2.18. The Bertz CT molecular complexity index is 168. The van der Waals surface area contributed by atoms with Gasteiger partial charge in [0.25, 0.3) is 0 Å². The normalized spacial score (nSPS) is 11.2.